The quantitative estimate of drug-likeness (QED) is 0.871. The van der Waals surface area contributed by atoms with Crippen molar-refractivity contribution in [2.24, 2.45) is 4.36 Å². The van der Waals surface area contributed by atoms with Gasteiger partial charge in [-0.15, -0.1) is 0 Å². The number of pyridine rings is 1. The lowest BCUT2D eigenvalue weighted by molar-refractivity contribution is 0.102. The Labute approximate surface area is 154 Å². The third-order valence-electron chi connectivity index (χ3n) is 4.38. The van der Waals surface area contributed by atoms with E-state index in [0.717, 1.165) is 24.0 Å². The van der Waals surface area contributed by atoms with Crippen molar-refractivity contribution in [3.8, 4) is 5.88 Å². The molecule has 26 heavy (non-hydrogen) atoms. The van der Waals surface area contributed by atoms with Crippen LogP contribution in [-0.4, -0.2) is 33.7 Å². The van der Waals surface area contributed by atoms with Crippen molar-refractivity contribution in [2.45, 2.75) is 26.3 Å². The highest BCUT2D eigenvalue weighted by atomic mass is 32.2. The SMILES string of the molecule is COc1cc(C)c(C(=O)Nc2cccc(CN=S3(=O)CCCC3)c2)cn1. The lowest BCUT2D eigenvalue weighted by Crippen LogP contribution is -2.14. The molecule has 1 fully saturated rings. The summed E-state index contributed by atoms with van der Waals surface area (Å²) in [6.45, 7) is 2.25. The number of carbonyl (C=O) groups is 1. The Bertz CT molecular complexity index is 921. The van der Waals surface area contributed by atoms with Crippen LogP contribution in [-0.2, 0) is 16.3 Å². The molecule has 1 aromatic heterocycles. The molecule has 7 heteroatoms. The Kier molecular flexibility index (Phi) is 5.56. The van der Waals surface area contributed by atoms with E-state index in [4.69, 9.17) is 4.74 Å². The standard InChI is InChI=1S/C19H23N3O3S/c1-14-10-18(25-2)20-13-17(14)19(23)22-16-7-5-6-15(11-16)12-21-26(24)8-3-4-9-26/h5-7,10-11,13H,3-4,8-9,12H2,1-2H3,(H,22,23). The number of aromatic nitrogens is 1. The Morgan fingerprint density at radius 2 is 2.08 bits per heavy atom. The van der Waals surface area contributed by atoms with E-state index in [-0.39, 0.29) is 5.91 Å². The zero-order chi connectivity index (χ0) is 18.6. The number of rotatable bonds is 5. The van der Waals surface area contributed by atoms with Crippen LogP contribution in [0.5, 0.6) is 5.88 Å². The molecular formula is C19H23N3O3S. The van der Waals surface area contributed by atoms with Crippen molar-refractivity contribution < 1.29 is 13.7 Å². The van der Waals surface area contributed by atoms with Gasteiger partial charge >= 0.3 is 0 Å². The van der Waals surface area contributed by atoms with E-state index in [1.54, 1.807) is 6.07 Å². The van der Waals surface area contributed by atoms with Crippen LogP contribution in [0.1, 0.15) is 34.3 Å². The predicted octanol–water partition coefficient (Wildman–Crippen LogP) is 3.41. The molecule has 1 saturated heterocycles. The summed E-state index contributed by atoms with van der Waals surface area (Å²) < 4.78 is 21.9. The molecular weight excluding hydrogens is 350 g/mol. The monoisotopic (exact) mass is 373 g/mol. The van der Waals surface area contributed by atoms with Crippen LogP contribution in [0, 0.1) is 6.92 Å². The number of ether oxygens (including phenoxy) is 1. The first-order valence-corrected chi connectivity index (χ1v) is 10.4. The molecule has 138 valence electrons. The number of benzene rings is 1. The number of nitrogens with zero attached hydrogens (tertiary/aromatic N) is 2. The van der Waals surface area contributed by atoms with Crippen molar-refractivity contribution >= 4 is 21.3 Å². The molecule has 1 N–H and O–H groups in total. The Hall–Kier alpha value is -2.41. The summed E-state index contributed by atoms with van der Waals surface area (Å²) in [5.41, 5.74) is 2.90. The van der Waals surface area contributed by atoms with Crippen molar-refractivity contribution in [1.29, 1.82) is 0 Å². The minimum Gasteiger partial charge on any atom is -0.481 e. The smallest absolute Gasteiger partial charge is 0.257 e. The van der Waals surface area contributed by atoms with Crippen LogP contribution in [0.15, 0.2) is 40.9 Å². The number of aryl methyl sites for hydroxylation is 1. The molecule has 0 atom stereocenters. The average molecular weight is 373 g/mol. The van der Waals surface area contributed by atoms with E-state index in [1.807, 2.05) is 31.2 Å². The average Bonchev–Trinajstić information content (AvgIpc) is 3.07. The molecule has 1 amide bonds. The highest BCUT2D eigenvalue weighted by Crippen LogP contribution is 2.19. The van der Waals surface area contributed by atoms with Crippen molar-refractivity contribution in [1.82, 2.24) is 4.98 Å². The largest absolute Gasteiger partial charge is 0.481 e. The van der Waals surface area contributed by atoms with E-state index < -0.39 is 9.73 Å². The summed E-state index contributed by atoms with van der Waals surface area (Å²) >= 11 is 0. The van der Waals surface area contributed by atoms with Crippen molar-refractivity contribution in [3.05, 3.63) is 53.2 Å². The number of methoxy groups -OCH3 is 1. The second kappa shape index (κ2) is 7.86. The summed E-state index contributed by atoms with van der Waals surface area (Å²) in [4.78, 5) is 16.6. The van der Waals surface area contributed by atoms with Gasteiger partial charge in [0.05, 0.1) is 19.2 Å². The van der Waals surface area contributed by atoms with Crippen LogP contribution in [0.3, 0.4) is 0 Å². The third-order valence-corrected chi connectivity index (χ3v) is 6.84. The maximum Gasteiger partial charge on any atom is 0.257 e. The highest BCUT2D eigenvalue weighted by Gasteiger charge is 2.16. The second-order valence-corrected chi connectivity index (χ2v) is 8.99. The van der Waals surface area contributed by atoms with Crippen molar-refractivity contribution in [2.75, 3.05) is 23.9 Å². The third kappa shape index (κ3) is 4.40. The van der Waals surface area contributed by atoms with Gasteiger partial charge in [0.1, 0.15) is 0 Å². The first-order chi connectivity index (χ1) is 12.5. The van der Waals surface area contributed by atoms with Gasteiger partial charge in [-0.25, -0.2) is 13.6 Å². The number of hydrogen-bond acceptors (Lipinski definition) is 5. The first-order valence-electron chi connectivity index (χ1n) is 8.58. The minimum absolute atomic E-state index is 0.228. The molecule has 2 heterocycles. The fourth-order valence-electron chi connectivity index (χ4n) is 2.90. The summed E-state index contributed by atoms with van der Waals surface area (Å²) in [5, 5.41) is 2.88. The van der Waals surface area contributed by atoms with E-state index in [9.17, 15) is 9.00 Å². The van der Waals surface area contributed by atoms with Gasteiger partial charge in [0.15, 0.2) is 0 Å². The van der Waals surface area contributed by atoms with E-state index in [0.29, 0.717) is 35.2 Å². The number of carbonyl (C=O) groups excluding carboxylic acids is 1. The van der Waals surface area contributed by atoms with Gasteiger partial charge in [-0.1, -0.05) is 12.1 Å². The summed E-state index contributed by atoms with van der Waals surface area (Å²) in [5.74, 6) is 1.65. The van der Waals surface area contributed by atoms with Crippen LogP contribution in [0.2, 0.25) is 0 Å². The van der Waals surface area contributed by atoms with Gasteiger partial charge < -0.3 is 10.1 Å². The molecule has 6 nitrogen and oxygen atoms in total. The maximum atomic E-state index is 12.5. The normalized spacial score (nSPS) is 15.5. The molecule has 3 rings (SSSR count). The topological polar surface area (TPSA) is 80.6 Å². The van der Waals surface area contributed by atoms with E-state index in [1.165, 1.54) is 13.3 Å². The number of hydrogen-bond donors (Lipinski definition) is 1. The molecule has 2 aromatic rings. The highest BCUT2D eigenvalue weighted by molar-refractivity contribution is 7.93. The second-order valence-electron chi connectivity index (χ2n) is 6.37. The molecule has 1 aromatic carbocycles. The van der Waals surface area contributed by atoms with Gasteiger partial charge in [0, 0.05) is 39.2 Å². The Morgan fingerprint density at radius 3 is 2.77 bits per heavy atom. The van der Waals surface area contributed by atoms with Gasteiger partial charge in [0.2, 0.25) is 5.88 Å². The molecule has 0 unspecified atom stereocenters. The summed E-state index contributed by atoms with van der Waals surface area (Å²) in [7, 11) is -0.486. The van der Waals surface area contributed by atoms with Gasteiger partial charge in [-0.05, 0) is 43.0 Å². The lowest BCUT2D eigenvalue weighted by atomic mass is 10.1. The molecule has 0 aliphatic carbocycles. The fourth-order valence-corrected chi connectivity index (χ4v) is 5.06. The van der Waals surface area contributed by atoms with E-state index in [2.05, 4.69) is 14.7 Å². The van der Waals surface area contributed by atoms with Crippen LogP contribution in [0.25, 0.3) is 0 Å². The number of nitrogens with one attached hydrogen (secondary N) is 1. The van der Waals surface area contributed by atoms with Crippen LogP contribution >= 0.6 is 0 Å². The Balaban J connectivity index is 1.72. The van der Waals surface area contributed by atoms with Crippen LogP contribution in [0.4, 0.5) is 5.69 Å². The molecule has 0 spiro atoms. The molecule has 1 aliphatic heterocycles. The van der Waals surface area contributed by atoms with Gasteiger partial charge in [-0.2, -0.15) is 0 Å². The zero-order valence-corrected chi connectivity index (χ0v) is 15.8. The zero-order valence-electron chi connectivity index (χ0n) is 15.0. The van der Waals surface area contributed by atoms with Crippen LogP contribution < -0.4 is 10.1 Å². The summed E-state index contributed by atoms with van der Waals surface area (Å²) in [6, 6.07) is 9.20. The Morgan fingerprint density at radius 1 is 1.31 bits per heavy atom. The molecule has 0 radical (unpaired) electrons. The minimum atomic E-state index is -2.03. The van der Waals surface area contributed by atoms with E-state index >= 15 is 0 Å². The maximum absolute atomic E-state index is 12.5. The number of anilines is 1. The van der Waals surface area contributed by atoms with Gasteiger partial charge in [0.25, 0.3) is 5.91 Å². The predicted molar refractivity (Wildman–Crippen MR) is 103 cm³/mol. The fraction of sp³-hybridized carbons (Fsp3) is 0.368. The first kappa shape index (κ1) is 18.4. The summed E-state index contributed by atoms with van der Waals surface area (Å²) in [6.07, 6.45) is 3.49. The number of amides is 1. The van der Waals surface area contributed by atoms with Crippen molar-refractivity contribution in [3.63, 3.8) is 0 Å². The lowest BCUT2D eigenvalue weighted by Gasteiger charge is -2.09. The molecule has 0 bridgehead atoms. The molecule has 1 aliphatic rings. The molecule has 0 saturated carbocycles. The van der Waals surface area contributed by atoms with Gasteiger partial charge in [-0.3, -0.25) is 4.79 Å².